The van der Waals surface area contributed by atoms with E-state index in [4.69, 9.17) is 0 Å². The first-order valence-electron chi connectivity index (χ1n) is 8.53. The van der Waals surface area contributed by atoms with Crippen LogP contribution in [0.4, 0.5) is 0 Å². The molecule has 6 heteroatoms. The van der Waals surface area contributed by atoms with Crippen LogP contribution >= 0.6 is 0 Å². The Hall–Kier alpha value is -2.60. The largest absolute Gasteiger partial charge is 0.361 e. The molecule has 3 aromatic rings. The third-order valence-electron chi connectivity index (χ3n) is 5.02. The highest BCUT2D eigenvalue weighted by atomic mass is 16.2. The molecule has 0 saturated heterocycles. The minimum Gasteiger partial charge on any atom is -0.361 e. The van der Waals surface area contributed by atoms with E-state index in [1.807, 2.05) is 38.2 Å². The van der Waals surface area contributed by atoms with E-state index in [9.17, 15) is 4.79 Å². The third-order valence-corrected chi connectivity index (χ3v) is 5.02. The molecule has 0 bridgehead atoms. The van der Waals surface area contributed by atoms with E-state index in [1.54, 1.807) is 4.90 Å². The molecule has 1 amide bonds. The maximum atomic E-state index is 12.7. The predicted molar refractivity (Wildman–Crippen MR) is 97.1 cm³/mol. The second-order valence-electron chi connectivity index (χ2n) is 7.00. The van der Waals surface area contributed by atoms with Crippen molar-refractivity contribution in [2.24, 2.45) is 7.05 Å². The number of hydrogen-bond acceptors (Lipinski definition) is 3. The number of imidazole rings is 1. The van der Waals surface area contributed by atoms with Gasteiger partial charge in [-0.05, 0) is 17.7 Å². The standard InChI is InChI=1S/C19H23N5O/c1-22(2)19(25)15-10-24(11-17-18(15)23(3)12-21-17)9-13-5-4-6-16-14(13)7-8-20-16/h4-8,12,15,20H,9-11H2,1-3H3/t15-/m0/s1. The van der Waals surface area contributed by atoms with Crippen LogP contribution in [0.3, 0.4) is 0 Å². The number of benzene rings is 1. The van der Waals surface area contributed by atoms with Gasteiger partial charge in [0.05, 0.1) is 23.6 Å². The Labute approximate surface area is 147 Å². The average molecular weight is 337 g/mol. The van der Waals surface area contributed by atoms with E-state index in [0.717, 1.165) is 30.0 Å². The lowest BCUT2D eigenvalue weighted by molar-refractivity contribution is -0.131. The number of carbonyl (C=O) groups is 1. The van der Waals surface area contributed by atoms with Crippen molar-refractivity contribution in [1.29, 1.82) is 0 Å². The zero-order valence-electron chi connectivity index (χ0n) is 14.9. The normalized spacial score (nSPS) is 17.6. The summed E-state index contributed by atoms with van der Waals surface area (Å²) in [6.45, 7) is 2.29. The summed E-state index contributed by atoms with van der Waals surface area (Å²) in [7, 11) is 5.60. The lowest BCUT2D eigenvalue weighted by atomic mass is 9.96. The summed E-state index contributed by atoms with van der Waals surface area (Å²) in [6, 6.07) is 8.44. The number of aryl methyl sites for hydroxylation is 1. The van der Waals surface area contributed by atoms with Gasteiger partial charge in [-0.2, -0.15) is 0 Å². The number of likely N-dealkylation sites (N-methyl/N-ethyl adjacent to an activating group) is 1. The molecule has 2 aromatic heterocycles. The molecular weight excluding hydrogens is 314 g/mol. The Kier molecular flexibility index (Phi) is 3.84. The first-order chi connectivity index (χ1) is 12.0. The predicted octanol–water partition coefficient (Wildman–Crippen LogP) is 2.09. The topological polar surface area (TPSA) is 57.2 Å². The van der Waals surface area contributed by atoms with E-state index < -0.39 is 0 Å². The molecule has 0 fully saturated rings. The first-order valence-corrected chi connectivity index (χ1v) is 8.53. The molecule has 3 heterocycles. The molecule has 6 nitrogen and oxygen atoms in total. The number of hydrogen-bond donors (Lipinski definition) is 1. The smallest absolute Gasteiger partial charge is 0.232 e. The van der Waals surface area contributed by atoms with Crippen molar-refractivity contribution in [3.8, 4) is 0 Å². The number of aromatic nitrogens is 3. The number of fused-ring (bicyclic) bond motifs is 2. The molecule has 0 spiro atoms. The number of aromatic amines is 1. The molecule has 1 atom stereocenters. The van der Waals surface area contributed by atoms with Gasteiger partial charge in [-0.3, -0.25) is 9.69 Å². The average Bonchev–Trinajstić information content (AvgIpc) is 3.21. The zero-order valence-corrected chi connectivity index (χ0v) is 14.9. The molecule has 1 aliphatic rings. The van der Waals surface area contributed by atoms with Crippen LogP contribution in [0.1, 0.15) is 22.9 Å². The summed E-state index contributed by atoms with van der Waals surface area (Å²) < 4.78 is 1.99. The Morgan fingerprint density at radius 1 is 1.36 bits per heavy atom. The van der Waals surface area contributed by atoms with Gasteiger partial charge in [0.2, 0.25) is 5.91 Å². The fraction of sp³-hybridized carbons (Fsp3) is 0.368. The fourth-order valence-corrected chi connectivity index (χ4v) is 3.83. The lowest BCUT2D eigenvalue weighted by Gasteiger charge is -2.33. The molecule has 0 unspecified atom stereocenters. The van der Waals surface area contributed by atoms with Crippen molar-refractivity contribution in [3.05, 3.63) is 53.7 Å². The van der Waals surface area contributed by atoms with Crippen molar-refractivity contribution < 1.29 is 4.79 Å². The number of rotatable bonds is 3. The summed E-state index contributed by atoms with van der Waals surface area (Å²) in [4.78, 5) is 24.5. The quantitative estimate of drug-likeness (QED) is 0.796. The number of amides is 1. The number of carbonyl (C=O) groups excluding carboxylic acids is 1. The molecule has 130 valence electrons. The second kappa shape index (κ2) is 6.04. The fourth-order valence-electron chi connectivity index (χ4n) is 3.83. The number of H-pyrrole nitrogens is 1. The molecule has 1 aromatic carbocycles. The molecule has 0 aliphatic carbocycles. The van der Waals surface area contributed by atoms with Crippen molar-refractivity contribution in [2.45, 2.75) is 19.0 Å². The van der Waals surface area contributed by atoms with Crippen LogP contribution in [0.25, 0.3) is 10.9 Å². The van der Waals surface area contributed by atoms with Crippen LogP contribution in [-0.4, -0.2) is 50.9 Å². The van der Waals surface area contributed by atoms with E-state index in [1.165, 1.54) is 10.9 Å². The van der Waals surface area contributed by atoms with Gasteiger partial charge < -0.3 is 14.5 Å². The van der Waals surface area contributed by atoms with Gasteiger partial charge in [0.1, 0.15) is 0 Å². The van der Waals surface area contributed by atoms with Gasteiger partial charge >= 0.3 is 0 Å². The van der Waals surface area contributed by atoms with Gasteiger partial charge in [-0.15, -0.1) is 0 Å². The number of nitrogens with zero attached hydrogens (tertiary/aromatic N) is 4. The number of nitrogens with one attached hydrogen (secondary N) is 1. The summed E-state index contributed by atoms with van der Waals surface area (Å²) >= 11 is 0. The van der Waals surface area contributed by atoms with E-state index >= 15 is 0 Å². The Bertz CT molecular complexity index is 923. The minimum atomic E-state index is -0.170. The molecule has 4 rings (SSSR count). The second-order valence-corrected chi connectivity index (χ2v) is 7.00. The molecule has 0 radical (unpaired) electrons. The van der Waals surface area contributed by atoms with Crippen LogP contribution in [0.2, 0.25) is 0 Å². The van der Waals surface area contributed by atoms with Gasteiger partial charge in [0, 0.05) is 57.9 Å². The Morgan fingerprint density at radius 3 is 3.00 bits per heavy atom. The highest BCUT2D eigenvalue weighted by Crippen LogP contribution is 2.30. The summed E-state index contributed by atoms with van der Waals surface area (Å²) in [6.07, 6.45) is 3.79. The zero-order chi connectivity index (χ0) is 17.6. The SMILES string of the molecule is CN(C)C(=O)[C@H]1CN(Cc2cccc3[nH]ccc23)Cc2ncn(C)c21. The van der Waals surface area contributed by atoms with Crippen LogP contribution in [-0.2, 0) is 24.9 Å². The van der Waals surface area contributed by atoms with Crippen LogP contribution < -0.4 is 0 Å². The first kappa shape index (κ1) is 15.9. The summed E-state index contributed by atoms with van der Waals surface area (Å²) in [5, 5.41) is 1.24. The van der Waals surface area contributed by atoms with Gasteiger partial charge in [0.25, 0.3) is 0 Å². The van der Waals surface area contributed by atoms with Crippen molar-refractivity contribution in [2.75, 3.05) is 20.6 Å². The van der Waals surface area contributed by atoms with Crippen molar-refractivity contribution >= 4 is 16.8 Å². The molecule has 1 N–H and O–H groups in total. The van der Waals surface area contributed by atoms with Crippen LogP contribution in [0, 0.1) is 0 Å². The third kappa shape index (κ3) is 2.72. The van der Waals surface area contributed by atoms with E-state index in [2.05, 4.69) is 39.1 Å². The minimum absolute atomic E-state index is 0.134. The van der Waals surface area contributed by atoms with Crippen molar-refractivity contribution in [1.82, 2.24) is 24.3 Å². The lowest BCUT2D eigenvalue weighted by Crippen LogP contribution is -2.41. The van der Waals surface area contributed by atoms with Gasteiger partial charge in [-0.25, -0.2) is 4.98 Å². The van der Waals surface area contributed by atoms with E-state index in [0.29, 0.717) is 6.54 Å². The highest BCUT2D eigenvalue weighted by Gasteiger charge is 2.34. The van der Waals surface area contributed by atoms with E-state index in [-0.39, 0.29) is 11.8 Å². The van der Waals surface area contributed by atoms with Gasteiger partial charge in [-0.1, -0.05) is 12.1 Å². The van der Waals surface area contributed by atoms with Crippen LogP contribution in [0.5, 0.6) is 0 Å². The summed E-state index contributed by atoms with van der Waals surface area (Å²) in [5.74, 6) is -0.0360. The maximum absolute atomic E-state index is 12.7. The maximum Gasteiger partial charge on any atom is 0.232 e. The monoisotopic (exact) mass is 337 g/mol. The molecular formula is C19H23N5O. The summed E-state index contributed by atoms with van der Waals surface area (Å²) in [5.41, 5.74) is 4.48. The molecule has 25 heavy (non-hydrogen) atoms. The Morgan fingerprint density at radius 2 is 2.20 bits per heavy atom. The van der Waals surface area contributed by atoms with Gasteiger partial charge in [0.15, 0.2) is 0 Å². The molecule has 0 saturated carbocycles. The highest BCUT2D eigenvalue weighted by molar-refractivity contribution is 5.84. The Balaban J connectivity index is 1.66. The van der Waals surface area contributed by atoms with Crippen molar-refractivity contribution in [3.63, 3.8) is 0 Å². The van der Waals surface area contributed by atoms with Crippen LogP contribution in [0.15, 0.2) is 36.8 Å². The molecule has 1 aliphatic heterocycles.